The highest BCUT2D eigenvalue weighted by molar-refractivity contribution is 7.92. The number of rotatable bonds is 5. The molecule has 0 amide bonds. The average Bonchev–Trinajstić information content (AvgIpc) is 2.34. The van der Waals surface area contributed by atoms with Crippen molar-refractivity contribution >= 4 is 9.84 Å². The molecule has 0 saturated heterocycles. The Labute approximate surface area is 111 Å². The fourth-order valence-electron chi connectivity index (χ4n) is 1.94. The number of halogens is 3. The second-order valence-corrected chi connectivity index (χ2v) is 6.62. The van der Waals surface area contributed by atoms with Gasteiger partial charge >= 0.3 is 6.18 Å². The predicted molar refractivity (Wildman–Crippen MR) is 67.6 cm³/mol. The number of hydrogen-bond donors (Lipinski definition) is 0. The molecule has 0 aliphatic heterocycles. The Balaban J connectivity index is 3.22. The van der Waals surface area contributed by atoms with Gasteiger partial charge in [0.1, 0.15) is 0 Å². The molecule has 2 nitrogen and oxygen atoms in total. The van der Waals surface area contributed by atoms with Crippen molar-refractivity contribution in [2.24, 2.45) is 0 Å². The smallest absolute Gasteiger partial charge is 0.223 e. The van der Waals surface area contributed by atoms with E-state index < -0.39 is 26.8 Å². The van der Waals surface area contributed by atoms with Crippen LogP contribution in [0.4, 0.5) is 13.2 Å². The summed E-state index contributed by atoms with van der Waals surface area (Å²) in [6.07, 6.45) is -3.00. The van der Waals surface area contributed by atoms with Crippen molar-refractivity contribution in [3.8, 4) is 0 Å². The van der Waals surface area contributed by atoms with Gasteiger partial charge in [0, 0.05) is 0 Å². The van der Waals surface area contributed by atoms with Gasteiger partial charge in [-0.3, -0.25) is 0 Å². The number of alkyl halides is 3. The summed E-state index contributed by atoms with van der Waals surface area (Å²) in [5, 5.41) is -0.624. The molecule has 0 bridgehead atoms. The first kappa shape index (κ1) is 16.0. The minimum atomic E-state index is -4.53. The van der Waals surface area contributed by atoms with Crippen LogP contribution in [0.1, 0.15) is 38.7 Å². The van der Waals surface area contributed by atoms with Gasteiger partial charge in [0.2, 0.25) is 0 Å². The van der Waals surface area contributed by atoms with E-state index in [1.54, 1.807) is 6.92 Å². The highest BCUT2D eigenvalue weighted by Crippen LogP contribution is 2.32. The van der Waals surface area contributed by atoms with E-state index in [-0.39, 0.29) is 4.90 Å². The Bertz CT molecular complexity index is 521. The van der Waals surface area contributed by atoms with Crippen molar-refractivity contribution in [3.05, 3.63) is 29.8 Å². The molecule has 0 N–H and O–H groups in total. The van der Waals surface area contributed by atoms with Crippen LogP contribution in [-0.2, 0) is 16.0 Å². The largest absolute Gasteiger partial charge is 0.416 e. The Morgan fingerprint density at radius 3 is 2.32 bits per heavy atom. The third-order valence-electron chi connectivity index (χ3n) is 2.99. The molecule has 0 aromatic heterocycles. The van der Waals surface area contributed by atoms with Crippen LogP contribution in [-0.4, -0.2) is 13.7 Å². The van der Waals surface area contributed by atoms with Crippen molar-refractivity contribution in [3.63, 3.8) is 0 Å². The summed E-state index contributed by atoms with van der Waals surface area (Å²) in [4.78, 5) is -0.248. The normalized spacial score (nSPS) is 14.4. The lowest BCUT2D eigenvalue weighted by molar-refractivity contribution is -0.137. The van der Waals surface area contributed by atoms with E-state index in [1.165, 1.54) is 6.07 Å². The van der Waals surface area contributed by atoms with Gasteiger partial charge in [-0.15, -0.1) is 0 Å². The quantitative estimate of drug-likeness (QED) is 0.820. The summed E-state index contributed by atoms with van der Waals surface area (Å²) in [6.45, 7) is 3.58. The fraction of sp³-hybridized carbons (Fsp3) is 0.538. The van der Waals surface area contributed by atoms with Gasteiger partial charge in [-0.05, 0) is 31.0 Å². The summed E-state index contributed by atoms with van der Waals surface area (Å²) in [5.74, 6) is 0. The van der Waals surface area contributed by atoms with E-state index in [9.17, 15) is 21.6 Å². The third-order valence-corrected chi connectivity index (χ3v) is 5.35. The molecule has 19 heavy (non-hydrogen) atoms. The number of benzene rings is 1. The minimum absolute atomic E-state index is 0.248. The molecule has 1 atom stereocenters. The maximum Gasteiger partial charge on any atom is 0.416 e. The lowest BCUT2D eigenvalue weighted by Crippen LogP contribution is -2.21. The van der Waals surface area contributed by atoms with E-state index in [4.69, 9.17) is 0 Å². The SMILES string of the molecule is CCCC(CC)S(=O)(=O)c1cccc(C(F)(F)F)c1. The highest BCUT2D eigenvalue weighted by atomic mass is 32.2. The van der Waals surface area contributed by atoms with Gasteiger partial charge in [0.15, 0.2) is 9.84 Å². The topological polar surface area (TPSA) is 34.1 Å². The fourth-order valence-corrected chi connectivity index (χ4v) is 3.87. The summed E-state index contributed by atoms with van der Waals surface area (Å²) < 4.78 is 62.3. The zero-order valence-corrected chi connectivity index (χ0v) is 11.7. The van der Waals surface area contributed by atoms with Gasteiger partial charge < -0.3 is 0 Å². The Morgan fingerprint density at radius 1 is 1.21 bits per heavy atom. The van der Waals surface area contributed by atoms with Gasteiger partial charge in [-0.25, -0.2) is 8.42 Å². The third kappa shape index (κ3) is 3.72. The zero-order chi connectivity index (χ0) is 14.7. The van der Waals surface area contributed by atoms with Gasteiger partial charge in [-0.2, -0.15) is 13.2 Å². The molecule has 1 rings (SSSR count). The van der Waals surface area contributed by atoms with Crippen LogP contribution in [0.5, 0.6) is 0 Å². The maximum absolute atomic E-state index is 12.6. The first-order chi connectivity index (χ1) is 8.73. The summed E-state index contributed by atoms with van der Waals surface area (Å²) in [7, 11) is -3.70. The Hall–Kier alpha value is -1.04. The van der Waals surface area contributed by atoms with Crippen LogP contribution in [0.15, 0.2) is 29.2 Å². The highest BCUT2D eigenvalue weighted by Gasteiger charge is 2.33. The second-order valence-electron chi connectivity index (χ2n) is 4.39. The molecule has 1 unspecified atom stereocenters. The maximum atomic E-state index is 12.6. The van der Waals surface area contributed by atoms with E-state index in [1.807, 2.05) is 6.92 Å². The average molecular weight is 294 g/mol. The molecular weight excluding hydrogens is 277 g/mol. The van der Waals surface area contributed by atoms with Crippen LogP contribution >= 0.6 is 0 Å². The predicted octanol–water partition coefficient (Wildman–Crippen LogP) is 4.06. The van der Waals surface area contributed by atoms with Crippen LogP contribution < -0.4 is 0 Å². The van der Waals surface area contributed by atoms with E-state index >= 15 is 0 Å². The first-order valence-corrected chi connectivity index (χ1v) is 7.69. The Kier molecular flexibility index (Phi) is 5.01. The number of hydrogen-bond acceptors (Lipinski definition) is 2. The van der Waals surface area contributed by atoms with Crippen LogP contribution in [0.3, 0.4) is 0 Å². The van der Waals surface area contributed by atoms with E-state index in [0.717, 1.165) is 12.1 Å². The molecule has 1 aromatic carbocycles. The molecular formula is C13H17F3O2S. The van der Waals surface area contributed by atoms with Crippen LogP contribution in [0, 0.1) is 0 Å². The molecule has 0 spiro atoms. The molecule has 0 saturated carbocycles. The van der Waals surface area contributed by atoms with Crippen molar-refractivity contribution in [2.75, 3.05) is 0 Å². The summed E-state index contributed by atoms with van der Waals surface area (Å²) in [6, 6.07) is 3.95. The number of sulfone groups is 1. The standard InChI is InChI=1S/C13H17F3O2S/c1-3-6-11(4-2)19(17,18)12-8-5-7-10(9-12)13(14,15)16/h5,7-9,11H,3-4,6H2,1-2H3. The minimum Gasteiger partial charge on any atom is -0.223 e. The monoisotopic (exact) mass is 294 g/mol. The van der Waals surface area contributed by atoms with Crippen molar-refractivity contribution in [2.45, 2.75) is 49.4 Å². The van der Waals surface area contributed by atoms with Gasteiger partial charge in [-0.1, -0.05) is 26.3 Å². The van der Waals surface area contributed by atoms with E-state index in [0.29, 0.717) is 25.3 Å². The molecule has 0 fully saturated rings. The van der Waals surface area contributed by atoms with Gasteiger partial charge in [0.25, 0.3) is 0 Å². The molecule has 0 radical (unpaired) electrons. The van der Waals surface area contributed by atoms with Crippen LogP contribution in [0.2, 0.25) is 0 Å². The molecule has 0 aliphatic rings. The molecule has 0 aliphatic carbocycles. The lowest BCUT2D eigenvalue weighted by atomic mass is 10.2. The lowest BCUT2D eigenvalue weighted by Gasteiger charge is -2.16. The second kappa shape index (κ2) is 5.94. The van der Waals surface area contributed by atoms with Gasteiger partial charge in [0.05, 0.1) is 15.7 Å². The molecule has 108 valence electrons. The molecule has 1 aromatic rings. The van der Waals surface area contributed by atoms with Crippen molar-refractivity contribution in [1.29, 1.82) is 0 Å². The summed E-state index contributed by atoms with van der Waals surface area (Å²) in [5.41, 5.74) is -0.931. The van der Waals surface area contributed by atoms with Crippen LogP contribution in [0.25, 0.3) is 0 Å². The van der Waals surface area contributed by atoms with Crippen molar-refractivity contribution in [1.82, 2.24) is 0 Å². The Morgan fingerprint density at radius 2 is 1.84 bits per heavy atom. The summed E-state index contributed by atoms with van der Waals surface area (Å²) >= 11 is 0. The van der Waals surface area contributed by atoms with Crippen molar-refractivity contribution < 1.29 is 21.6 Å². The first-order valence-electron chi connectivity index (χ1n) is 6.14. The zero-order valence-electron chi connectivity index (χ0n) is 10.9. The molecule has 6 heteroatoms. The van der Waals surface area contributed by atoms with E-state index in [2.05, 4.69) is 0 Å². The molecule has 0 heterocycles.